The lowest BCUT2D eigenvalue weighted by Crippen LogP contribution is -2.37. The van der Waals surface area contributed by atoms with Gasteiger partial charge in [0.05, 0.1) is 17.5 Å². The van der Waals surface area contributed by atoms with E-state index in [-0.39, 0.29) is 23.3 Å². The van der Waals surface area contributed by atoms with Crippen molar-refractivity contribution in [1.29, 1.82) is 0 Å². The topological polar surface area (TPSA) is 69.7 Å². The van der Waals surface area contributed by atoms with Crippen molar-refractivity contribution < 1.29 is 13.2 Å². The van der Waals surface area contributed by atoms with E-state index in [4.69, 9.17) is 0 Å². The van der Waals surface area contributed by atoms with E-state index in [1.807, 2.05) is 6.07 Å². The number of carbonyl (C=O) groups excluding carboxylic acids is 1. The van der Waals surface area contributed by atoms with E-state index in [2.05, 4.69) is 35.5 Å². The molecule has 2 rings (SSSR count). The Kier molecular flexibility index (Phi) is 8.33. The molecule has 6 nitrogen and oxygen atoms in total. The van der Waals surface area contributed by atoms with Crippen LogP contribution in [-0.2, 0) is 10.0 Å². The second-order valence-corrected chi connectivity index (χ2v) is 9.75. The van der Waals surface area contributed by atoms with Gasteiger partial charge in [0, 0.05) is 31.1 Å². The van der Waals surface area contributed by atoms with Crippen LogP contribution in [0.1, 0.15) is 35.1 Å². The molecular formula is C20H29N3O3S2. The number of sulfonamides is 1. The molecule has 0 aliphatic rings. The Labute approximate surface area is 172 Å². The number of nitrogens with zero attached hydrogens (tertiary/aromatic N) is 2. The minimum absolute atomic E-state index is 0.125. The third-order valence-corrected chi connectivity index (χ3v) is 7.47. The molecule has 1 aromatic heterocycles. The van der Waals surface area contributed by atoms with Crippen molar-refractivity contribution in [2.75, 3.05) is 40.3 Å². The predicted octanol–water partition coefficient (Wildman–Crippen LogP) is 2.85. The number of benzene rings is 1. The molecule has 0 saturated heterocycles. The van der Waals surface area contributed by atoms with E-state index in [0.717, 1.165) is 17.4 Å². The Hall–Kier alpha value is -1.58. The molecule has 1 N–H and O–H groups in total. The summed E-state index contributed by atoms with van der Waals surface area (Å²) in [4.78, 5) is 16.3. The fraction of sp³-hybridized carbons (Fsp3) is 0.450. The normalized spacial score (nSPS) is 13.2. The van der Waals surface area contributed by atoms with Gasteiger partial charge >= 0.3 is 0 Å². The standard InChI is InChI=1S/C20H29N3O3S2/c1-5-23(6-2)18(20-11-8-12-27-20)14-21-15-19(24)16-9-7-10-17(13-16)28(25,26)22(3)4/h7-13,18,21H,5-6,14-15H2,1-4H3. The van der Waals surface area contributed by atoms with Crippen LogP contribution in [0.25, 0.3) is 0 Å². The second-order valence-electron chi connectivity index (χ2n) is 6.62. The minimum Gasteiger partial charge on any atom is -0.308 e. The van der Waals surface area contributed by atoms with Crippen LogP contribution < -0.4 is 5.32 Å². The monoisotopic (exact) mass is 423 g/mol. The number of hydrogen-bond acceptors (Lipinski definition) is 6. The van der Waals surface area contributed by atoms with Crippen LogP contribution in [-0.4, -0.2) is 63.7 Å². The highest BCUT2D eigenvalue weighted by Crippen LogP contribution is 2.24. The molecule has 0 fully saturated rings. The summed E-state index contributed by atoms with van der Waals surface area (Å²) >= 11 is 1.71. The van der Waals surface area contributed by atoms with E-state index >= 15 is 0 Å². The van der Waals surface area contributed by atoms with Gasteiger partial charge in [0.15, 0.2) is 5.78 Å². The Morgan fingerprint density at radius 3 is 2.43 bits per heavy atom. The van der Waals surface area contributed by atoms with Gasteiger partial charge in [-0.2, -0.15) is 0 Å². The highest BCUT2D eigenvalue weighted by Gasteiger charge is 2.20. The lowest BCUT2D eigenvalue weighted by molar-refractivity contribution is 0.0987. The number of nitrogens with one attached hydrogen (secondary N) is 1. The van der Waals surface area contributed by atoms with Crippen LogP contribution in [0, 0.1) is 0 Å². The number of rotatable bonds is 11. The maximum Gasteiger partial charge on any atom is 0.242 e. The summed E-state index contributed by atoms with van der Waals surface area (Å²) in [6.45, 7) is 6.94. The second kappa shape index (κ2) is 10.3. The summed E-state index contributed by atoms with van der Waals surface area (Å²) in [6.07, 6.45) is 0. The van der Waals surface area contributed by atoms with Crippen LogP contribution >= 0.6 is 11.3 Å². The van der Waals surface area contributed by atoms with Gasteiger partial charge in [-0.25, -0.2) is 12.7 Å². The molecule has 8 heteroatoms. The molecule has 28 heavy (non-hydrogen) atoms. The lowest BCUT2D eigenvalue weighted by atomic mass is 10.1. The van der Waals surface area contributed by atoms with E-state index < -0.39 is 10.0 Å². The Balaban J connectivity index is 2.05. The number of thiophene rings is 1. The average Bonchev–Trinajstić information content (AvgIpc) is 3.21. The van der Waals surface area contributed by atoms with Crippen LogP contribution in [0.4, 0.5) is 0 Å². The first kappa shape index (κ1) is 22.7. The van der Waals surface area contributed by atoms with Gasteiger partial charge in [-0.05, 0) is 36.7 Å². The van der Waals surface area contributed by atoms with Crippen molar-refractivity contribution in [2.24, 2.45) is 0 Å². The van der Waals surface area contributed by atoms with Crippen molar-refractivity contribution in [3.8, 4) is 0 Å². The van der Waals surface area contributed by atoms with E-state index in [0.29, 0.717) is 12.1 Å². The SMILES string of the molecule is CCN(CC)C(CNCC(=O)c1cccc(S(=O)(=O)N(C)C)c1)c1cccs1. The molecular weight excluding hydrogens is 394 g/mol. The third-order valence-electron chi connectivity index (χ3n) is 4.68. The van der Waals surface area contributed by atoms with Gasteiger partial charge in [-0.1, -0.05) is 32.0 Å². The predicted molar refractivity (Wildman–Crippen MR) is 114 cm³/mol. The maximum atomic E-state index is 12.6. The van der Waals surface area contributed by atoms with Gasteiger partial charge in [0.1, 0.15) is 0 Å². The fourth-order valence-electron chi connectivity index (χ4n) is 3.02. The maximum absolute atomic E-state index is 12.6. The average molecular weight is 424 g/mol. The molecule has 2 aromatic rings. The number of ketones is 1. The quantitative estimate of drug-likeness (QED) is 0.563. The first-order valence-corrected chi connectivity index (χ1v) is 11.7. The highest BCUT2D eigenvalue weighted by atomic mass is 32.2. The zero-order chi connectivity index (χ0) is 20.7. The molecule has 0 amide bonds. The molecule has 1 unspecified atom stereocenters. The molecule has 1 heterocycles. The largest absolute Gasteiger partial charge is 0.308 e. The summed E-state index contributed by atoms with van der Waals surface area (Å²) in [5.41, 5.74) is 0.394. The smallest absolute Gasteiger partial charge is 0.242 e. The van der Waals surface area contributed by atoms with Crippen molar-refractivity contribution in [3.05, 3.63) is 52.2 Å². The first-order valence-electron chi connectivity index (χ1n) is 9.35. The summed E-state index contributed by atoms with van der Waals surface area (Å²) < 4.78 is 25.7. The van der Waals surface area contributed by atoms with Gasteiger partial charge < -0.3 is 5.32 Å². The van der Waals surface area contributed by atoms with Crippen molar-refractivity contribution in [2.45, 2.75) is 24.8 Å². The zero-order valence-corrected chi connectivity index (χ0v) is 18.5. The van der Waals surface area contributed by atoms with Crippen LogP contribution in [0.2, 0.25) is 0 Å². The van der Waals surface area contributed by atoms with E-state index in [1.165, 1.54) is 31.1 Å². The van der Waals surface area contributed by atoms with Gasteiger partial charge in [-0.3, -0.25) is 9.69 Å². The number of hydrogen-bond donors (Lipinski definition) is 1. The van der Waals surface area contributed by atoms with Gasteiger partial charge in [-0.15, -0.1) is 11.3 Å². The highest BCUT2D eigenvalue weighted by molar-refractivity contribution is 7.89. The molecule has 0 bridgehead atoms. The number of carbonyl (C=O) groups is 1. The van der Waals surface area contributed by atoms with Crippen molar-refractivity contribution in [3.63, 3.8) is 0 Å². The van der Waals surface area contributed by atoms with Gasteiger partial charge in [0.25, 0.3) is 0 Å². The molecule has 0 aliphatic carbocycles. The van der Waals surface area contributed by atoms with Crippen molar-refractivity contribution in [1.82, 2.24) is 14.5 Å². The molecule has 1 atom stereocenters. The van der Waals surface area contributed by atoms with Gasteiger partial charge in [0.2, 0.25) is 10.0 Å². The molecule has 0 radical (unpaired) electrons. The minimum atomic E-state index is -3.56. The molecule has 0 aliphatic heterocycles. The summed E-state index contributed by atoms with van der Waals surface area (Å²) in [7, 11) is -0.608. The summed E-state index contributed by atoms with van der Waals surface area (Å²) in [6, 6.07) is 10.6. The molecule has 0 saturated carbocycles. The molecule has 1 aromatic carbocycles. The zero-order valence-electron chi connectivity index (χ0n) is 16.9. The molecule has 0 spiro atoms. The van der Waals surface area contributed by atoms with Crippen LogP contribution in [0.15, 0.2) is 46.7 Å². The van der Waals surface area contributed by atoms with E-state index in [1.54, 1.807) is 23.5 Å². The Morgan fingerprint density at radius 2 is 1.86 bits per heavy atom. The van der Waals surface area contributed by atoms with Crippen molar-refractivity contribution >= 4 is 27.1 Å². The fourth-order valence-corrected chi connectivity index (χ4v) is 4.83. The third kappa shape index (κ3) is 5.48. The summed E-state index contributed by atoms with van der Waals surface area (Å²) in [5.74, 6) is -0.125. The molecule has 154 valence electrons. The Bertz CT molecular complexity index is 861. The first-order chi connectivity index (χ1) is 13.3. The summed E-state index contributed by atoms with van der Waals surface area (Å²) in [5, 5.41) is 5.32. The van der Waals surface area contributed by atoms with Crippen LogP contribution in [0.5, 0.6) is 0 Å². The Morgan fingerprint density at radius 1 is 1.14 bits per heavy atom. The lowest BCUT2D eigenvalue weighted by Gasteiger charge is -2.29. The number of Topliss-reactive ketones (excluding diaryl/α,β-unsaturated/α-hetero) is 1. The van der Waals surface area contributed by atoms with E-state index in [9.17, 15) is 13.2 Å². The van der Waals surface area contributed by atoms with Crippen LogP contribution in [0.3, 0.4) is 0 Å². The number of likely N-dealkylation sites (N-methyl/N-ethyl adjacent to an activating group) is 1.